The maximum absolute atomic E-state index is 11.7. The van der Waals surface area contributed by atoms with Gasteiger partial charge in [-0.25, -0.2) is 0 Å². The fourth-order valence-corrected chi connectivity index (χ4v) is 2.45. The topological polar surface area (TPSA) is 104 Å². The number of aliphatic imine (C=N–C) groups is 1. The zero-order chi connectivity index (χ0) is 18.8. The highest BCUT2D eigenvalue weighted by Crippen LogP contribution is 2.05. The monoisotopic (exact) mass is 358 g/mol. The molecule has 1 amide bonds. The molecular formula is C18H26N6O2. The van der Waals surface area contributed by atoms with Crippen molar-refractivity contribution >= 4 is 11.9 Å². The molecule has 8 heteroatoms. The number of nitrogens with one attached hydrogen (secondary N) is 3. The van der Waals surface area contributed by atoms with E-state index in [1.165, 1.54) is 0 Å². The fourth-order valence-electron chi connectivity index (χ4n) is 2.45. The third-order valence-corrected chi connectivity index (χ3v) is 3.78. The van der Waals surface area contributed by atoms with E-state index < -0.39 is 0 Å². The molecule has 0 aliphatic rings. The second kappa shape index (κ2) is 10.2. The standard InChI is InChI=1S/C18H26N6O2/c1-13-23-16(26-24-13)8-5-10-21-18(20-3)22-11-9-14-6-4-7-15(12-14)17(25)19-2/h4,6-7,12H,5,8-11H2,1-3H3,(H,19,25)(H2,20,21,22). The highest BCUT2D eigenvalue weighted by molar-refractivity contribution is 5.94. The van der Waals surface area contributed by atoms with Crippen LogP contribution in [0, 0.1) is 6.92 Å². The predicted molar refractivity (Wildman–Crippen MR) is 100 cm³/mol. The number of aryl methyl sites for hydroxylation is 2. The van der Waals surface area contributed by atoms with E-state index in [1.54, 1.807) is 27.1 Å². The first kappa shape index (κ1) is 19.4. The van der Waals surface area contributed by atoms with Gasteiger partial charge in [-0.15, -0.1) is 0 Å². The van der Waals surface area contributed by atoms with Crippen molar-refractivity contribution in [2.24, 2.45) is 4.99 Å². The fraction of sp³-hybridized carbons (Fsp3) is 0.444. The van der Waals surface area contributed by atoms with E-state index in [1.807, 2.05) is 18.2 Å². The van der Waals surface area contributed by atoms with Gasteiger partial charge in [-0.1, -0.05) is 17.3 Å². The molecule has 2 rings (SSSR count). The molecule has 0 unspecified atom stereocenters. The molecule has 0 saturated heterocycles. The molecule has 2 aromatic rings. The number of carbonyl (C=O) groups excluding carboxylic acids is 1. The van der Waals surface area contributed by atoms with Gasteiger partial charge in [0.15, 0.2) is 11.8 Å². The molecular weight excluding hydrogens is 332 g/mol. The third-order valence-electron chi connectivity index (χ3n) is 3.78. The molecule has 1 aromatic carbocycles. The number of amides is 1. The lowest BCUT2D eigenvalue weighted by atomic mass is 10.1. The van der Waals surface area contributed by atoms with E-state index in [9.17, 15) is 4.79 Å². The first-order valence-electron chi connectivity index (χ1n) is 8.67. The molecule has 0 bridgehead atoms. The predicted octanol–water partition coefficient (Wildman–Crippen LogP) is 1.08. The van der Waals surface area contributed by atoms with Crippen LogP contribution in [-0.4, -0.2) is 49.2 Å². The first-order chi connectivity index (χ1) is 12.6. The van der Waals surface area contributed by atoms with E-state index in [-0.39, 0.29) is 5.91 Å². The number of aromatic nitrogens is 2. The Hall–Kier alpha value is -2.90. The Balaban J connectivity index is 1.69. The minimum atomic E-state index is -0.0753. The van der Waals surface area contributed by atoms with Gasteiger partial charge in [-0.05, 0) is 37.5 Å². The van der Waals surface area contributed by atoms with Gasteiger partial charge in [0, 0.05) is 39.2 Å². The SMILES string of the molecule is CN=C(NCCCc1nc(C)no1)NCCc1cccc(C(=O)NC)c1. The minimum Gasteiger partial charge on any atom is -0.356 e. The smallest absolute Gasteiger partial charge is 0.251 e. The van der Waals surface area contributed by atoms with Gasteiger partial charge in [0.2, 0.25) is 5.89 Å². The van der Waals surface area contributed by atoms with Crippen molar-refractivity contribution in [3.05, 3.63) is 47.1 Å². The van der Waals surface area contributed by atoms with E-state index in [0.717, 1.165) is 43.9 Å². The maximum atomic E-state index is 11.7. The Bertz CT molecular complexity index is 741. The number of hydrogen-bond acceptors (Lipinski definition) is 5. The Morgan fingerprint density at radius 3 is 2.73 bits per heavy atom. The summed E-state index contributed by atoms with van der Waals surface area (Å²) in [6.45, 7) is 3.29. The molecule has 8 nitrogen and oxygen atoms in total. The van der Waals surface area contributed by atoms with Crippen LogP contribution in [0.3, 0.4) is 0 Å². The Morgan fingerprint density at radius 2 is 2.04 bits per heavy atom. The van der Waals surface area contributed by atoms with Crippen LogP contribution in [0.25, 0.3) is 0 Å². The van der Waals surface area contributed by atoms with E-state index in [0.29, 0.717) is 17.3 Å². The number of rotatable bonds is 8. The second-order valence-corrected chi connectivity index (χ2v) is 5.79. The van der Waals surface area contributed by atoms with Crippen molar-refractivity contribution in [2.45, 2.75) is 26.2 Å². The summed E-state index contributed by atoms with van der Waals surface area (Å²) >= 11 is 0. The summed E-state index contributed by atoms with van der Waals surface area (Å²) < 4.78 is 5.08. The van der Waals surface area contributed by atoms with Crippen molar-refractivity contribution in [1.29, 1.82) is 0 Å². The van der Waals surface area contributed by atoms with Crippen LogP contribution in [-0.2, 0) is 12.8 Å². The first-order valence-corrected chi connectivity index (χ1v) is 8.67. The van der Waals surface area contributed by atoms with Crippen molar-refractivity contribution in [3.8, 4) is 0 Å². The van der Waals surface area contributed by atoms with Gasteiger partial charge in [-0.3, -0.25) is 9.79 Å². The third kappa shape index (κ3) is 6.19. The van der Waals surface area contributed by atoms with Gasteiger partial charge < -0.3 is 20.5 Å². The largest absolute Gasteiger partial charge is 0.356 e. The summed E-state index contributed by atoms with van der Waals surface area (Å²) in [5, 5.41) is 12.9. The van der Waals surface area contributed by atoms with Crippen LogP contribution in [0.4, 0.5) is 0 Å². The molecule has 0 fully saturated rings. The number of carbonyl (C=O) groups is 1. The lowest BCUT2D eigenvalue weighted by Gasteiger charge is -2.11. The summed E-state index contributed by atoms with van der Waals surface area (Å²) in [5.74, 6) is 1.98. The quantitative estimate of drug-likeness (QED) is 0.370. The molecule has 0 aliphatic carbocycles. The van der Waals surface area contributed by atoms with Crippen molar-refractivity contribution in [1.82, 2.24) is 26.1 Å². The lowest BCUT2D eigenvalue weighted by Crippen LogP contribution is -2.38. The normalized spacial score (nSPS) is 11.3. The number of guanidine groups is 1. The van der Waals surface area contributed by atoms with Gasteiger partial charge >= 0.3 is 0 Å². The molecule has 3 N–H and O–H groups in total. The van der Waals surface area contributed by atoms with Crippen LogP contribution in [0.2, 0.25) is 0 Å². The van der Waals surface area contributed by atoms with Crippen LogP contribution >= 0.6 is 0 Å². The summed E-state index contributed by atoms with van der Waals surface area (Å²) in [6, 6.07) is 7.62. The molecule has 0 saturated carbocycles. The molecule has 140 valence electrons. The zero-order valence-corrected chi connectivity index (χ0v) is 15.5. The summed E-state index contributed by atoms with van der Waals surface area (Å²) in [5.41, 5.74) is 1.77. The average Bonchev–Trinajstić information content (AvgIpc) is 3.08. The number of benzene rings is 1. The minimum absolute atomic E-state index is 0.0753. The average molecular weight is 358 g/mol. The van der Waals surface area contributed by atoms with E-state index in [4.69, 9.17) is 4.52 Å². The molecule has 0 spiro atoms. The van der Waals surface area contributed by atoms with E-state index >= 15 is 0 Å². The van der Waals surface area contributed by atoms with Gasteiger partial charge in [0.25, 0.3) is 5.91 Å². The van der Waals surface area contributed by atoms with Crippen LogP contribution in [0.15, 0.2) is 33.8 Å². The maximum Gasteiger partial charge on any atom is 0.251 e. The Kier molecular flexibility index (Phi) is 7.60. The Labute approximate surface area is 153 Å². The van der Waals surface area contributed by atoms with Gasteiger partial charge in [-0.2, -0.15) is 4.98 Å². The second-order valence-electron chi connectivity index (χ2n) is 5.79. The van der Waals surface area contributed by atoms with Crippen LogP contribution < -0.4 is 16.0 Å². The molecule has 0 radical (unpaired) electrons. The highest BCUT2D eigenvalue weighted by Gasteiger charge is 2.05. The number of hydrogen-bond donors (Lipinski definition) is 3. The van der Waals surface area contributed by atoms with Gasteiger partial charge in [0.05, 0.1) is 0 Å². The van der Waals surface area contributed by atoms with Crippen molar-refractivity contribution in [3.63, 3.8) is 0 Å². The molecule has 1 heterocycles. The molecule has 0 aliphatic heterocycles. The molecule has 26 heavy (non-hydrogen) atoms. The van der Waals surface area contributed by atoms with Crippen LogP contribution in [0.1, 0.15) is 34.1 Å². The highest BCUT2D eigenvalue weighted by atomic mass is 16.5. The van der Waals surface area contributed by atoms with Crippen molar-refractivity contribution < 1.29 is 9.32 Å². The van der Waals surface area contributed by atoms with Crippen LogP contribution in [0.5, 0.6) is 0 Å². The summed E-state index contributed by atoms with van der Waals surface area (Å²) in [4.78, 5) is 20.1. The zero-order valence-electron chi connectivity index (χ0n) is 15.5. The Morgan fingerprint density at radius 1 is 1.23 bits per heavy atom. The molecule has 1 aromatic heterocycles. The summed E-state index contributed by atoms with van der Waals surface area (Å²) in [7, 11) is 3.37. The summed E-state index contributed by atoms with van der Waals surface area (Å²) in [6.07, 6.45) is 2.40. The van der Waals surface area contributed by atoms with E-state index in [2.05, 4.69) is 31.1 Å². The molecule has 0 atom stereocenters. The van der Waals surface area contributed by atoms with Crippen molar-refractivity contribution in [2.75, 3.05) is 27.2 Å². The van der Waals surface area contributed by atoms with Gasteiger partial charge in [0.1, 0.15) is 0 Å². The number of nitrogens with zero attached hydrogens (tertiary/aromatic N) is 3. The lowest BCUT2D eigenvalue weighted by molar-refractivity contribution is 0.0963.